The Bertz CT molecular complexity index is 1110. The molecular formula is C29H35BrN2O5. The molecule has 2 aromatic rings. The summed E-state index contributed by atoms with van der Waals surface area (Å²) in [4.78, 5) is 42.5. The summed E-state index contributed by atoms with van der Waals surface area (Å²) in [6, 6.07) is 17.4. The summed E-state index contributed by atoms with van der Waals surface area (Å²) < 4.78 is 11.8. The summed E-state index contributed by atoms with van der Waals surface area (Å²) in [6.45, 7) is 6.78. The number of imide groups is 1. The third-order valence-electron chi connectivity index (χ3n) is 6.93. The molecule has 0 saturated carbocycles. The number of benzene rings is 2. The van der Waals surface area contributed by atoms with E-state index in [1.54, 1.807) is 4.90 Å². The average molecular weight is 572 g/mol. The third-order valence-corrected chi connectivity index (χ3v) is 7.43. The van der Waals surface area contributed by atoms with E-state index in [-0.39, 0.29) is 30.6 Å². The van der Waals surface area contributed by atoms with Gasteiger partial charge in [-0.1, -0.05) is 58.4 Å². The van der Waals surface area contributed by atoms with Gasteiger partial charge in [-0.2, -0.15) is 0 Å². The van der Waals surface area contributed by atoms with Crippen molar-refractivity contribution in [1.82, 2.24) is 9.80 Å². The van der Waals surface area contributed by atoms with E-state index in [2.05, 4.69) is 15.9 Å². The minimum Gasteiger partial charge on any atom is -0.447 e. The number of carbonyl (C=O) groups excluding carboxylic acids is 3. The van der Waals surface area contributed by atoms with Gasteiger partial charge in [0.05, 0.1) is 6.04 Å². The standard InChI is InChI=1S/C29H35BrN2O5/c1-29(2,3)37-27(34)31-14-12-22(13-15-31)25(18-21-10-7-11-23(30)16-21)26(33)32-24(19-36-28(32)35)17-20-8-5-4-6-9-20/h4-11,16,22,24-25H,12-15,17-19H2,1-3H3. The molecule has 8 heteroatoms. The number of piperidine rings is 1. The third kappa shape index (κ3) is 7.12. The zero-order valence-corrected chi connectivity index (χ0v) is 23.3. The lowest BCUT2D eigenvalue weighted by atomic mass is 9.79. The fraction of sp³-hybridized carbons (Fsp3) is 0.483. The molecule has 0 aliphatic carbocycles. The van der Waals surface area contributed by atoms with Gasteiger partial charge in [-0.05, 0) is 75.6 Å². The van der Waals surface area contributed by atoms with Gasteiger partial charge >= 0.3 is 12.2 Å². The molecule has 0 radical (unpaired) electrons. The van der Waals surface area contributed by atoms with Crippen LogP contribution in [-0.4, -0.2) is 59.2 Å². The average Bonchev–Trinajstić information content (AvgIpc) is 3.21. The number of carbonyl (C=O) groups is 3. The molecule has 2 atom stereocenters. The van der Waals surface area contributed by atoms with Gasteiger partial charge in [0.15, 0.2) is 0 Å². The first-order valence-corrected chi connectivity index (χ1v) is 13.7. The molecule has 0 bridgehead atoms. The fourth-order valence-electron chi connectivity index (χ4n) is 5.13. The van der Waals surface area contributed by atoms with Crippen molar-refractivity contribution in [2.75, 3.05) is 19.7 Å². The maximum absolute atomic E-state index is 14.1. The lowest BCUT2D eigenvalue weighted by molar-refractivity contribution is -0.135. The molecule has 3 amide bonds. The smallest absolute Gasteiger partial charge is 0.416 e. The molecule has 2 aliphatic heterocycles. The zero-order valence-electron chi connectivity index (χ0n) is 21.7. The van der Waals surface area contributed by atoms with E-state index in [0.717, 1.165) is 15.6 Å². The van der Waals surface area contributed by atoms with Crippen LogP contribution in [0.3, 0.4) is 0 Å². The first-order chi connectivity index (χ1) is 17.6. The van der Waals surface area contributed by atoms with E-state index in [4.69, 9.17) is 9.47 Å². The molecule has 0 spiro atoms. The SMILES string of the molecule is CC(C)(C)OC(=O)N1CCC(C(Cc2cccc(Br)c2)C(=O)N2C(=O)OCC2Cc2ccccc2)CC1. The Morgan fingerprint density at radius 2 is 1.73 bits per heavy atom. The minimum atomic E-state index is -0.573. The van der Waals surface area contributed by atoms with Crippen molar-refractivity contribution in [2.45, 2.75) is 58.1 Å². The molecule has 2 aliphatic rings. The summed E-state index contributed by atoms with van der Waals surface area (Å²) in [5.74, 6) is -0.575. The number of hydrogen-bond donors (Lipinski definition) is 0. The molecule has 37 heavy (non-hydrogen) atoms. The van der Waals surface area contributed by atoms with E-state index < -0.39 is 17.6 Å². The van der Waals surface area contributed by atoms with Crippen LogP contribution in [0.25, 0.3) is 0 Å². The van der Waals surface area contributed by atoms with Crippen LogP contribution in [0.1, 0.15) is 44.7 Å². The van der Waals surface area contributed by atoms with Crippen LogP contribution >= 0.6 is 15.9 Å². The van der Waals surface area contributed by atoms with Crippen LogP contribution < -0.4 is 0 Å². The van der Waals surface area contributed by atoms with Crippen molar-refractivity contribution in [2.24, 2.45) is 11.8 Å². The lowest BCUT2D eigenvalue weighted by Crippen LogP contribution is -2.49. The Kier molecular flexibility index (Phi) is 8.57. The van der Waals surface area contributed by atoms with Gasteiger partial charge in [0.1, 0.15) is 12.2 Å². The Balaban J connectivity index is 1.53. The van der Waals surface area contributed by atoms with Gasteiger partial charge in [-0.3, -0.25) is 4.79 Å². The highest BCUT2D eigenvalue weighted by Gasteiger charge is 2.44. The molecule has 4 rings (SSSR count). The van der Waals surface area contributed by atoms with Crippen LogP contribution in [0.4, 0.5) is 9.59 Å². The Morgan fingerprint density at radius 3 is 2.38 bits per heavy atom. The van der Waals surface area contributed by atoms with Gasteiger partial charge in [0.2, 0.25) is 5.91 Å². The largest absolute Gasteiger partial charge is 0.447 e. The number of likely N-dealkylation sites (tertiary alicyclic amines) is 1. The van der Waals surface area contributed by atoms with Gasteiger partial charge in [-0.25, -0.2) is 14.5 Å². The van der Waals surface area contributed by atoms with E-state index >= 15 is 0 Å². The van der Waals surface area contributed by atoms with Crippen molar-refractivity contribution in [3.8, 4) is 0 Å². The normalized spacial score (nSPS) is 19.5. The maximum Gasteiger partial charge on any atom is 0.416 e. The Hall–Kier alpha value is -2.87. The van der Waals surface area contributed by atoms with Gasteiger partial charge in [0.25, 0.3) is 0 Å². The Labute approximate surface area is 227 Å². The summed E-state index contributed by atoms with van der Waals surface area (Å²) in [6.07, 6.45) is 1.49. The second-order valence-electron chi connectivity index (χ2n) is 10.9. The van der Waals surface area contributed by atoms with Crippen molar-refractivity contribution in [3.05, 3.63) is 70.2 Å². The highest BCUT2D eigenvalue weighted by atomic mass is 79.9. The van der Waals surface area contributed by atoms with E-state index in [0.29, 0.717) is 38.8 Å². The zero-order chi connectivity index (χ0) is 26.6. The molecule has 2 unspecified atom stereocenters. The number of nitrogens with zero attached hydrogens (tertiary/aromatic N) is 2. The highest BCUT2D eigenvalue weighted by molar-refractivity contribution is 9.10. The summed E-state index contributed by atoms with van der Waals surface area (Å²) >= 11 is 3.53. The van der Waals surface area contributed by atoms with Crippen LogP contribution in [0.2, 0.25) is 0 Å². The van der Waals surface area contributed by atoms with Crippen molar-refractivity contribution >= 4 is 34.0 Å². The topological polar surface area (TPSA) is 76.2 Å². The number of hydrogen-bond acceptors (Lipinski definition) is 5. The number of cyclic esters (lactones) is 1. The van der Waals surface area contributed by atoms with Crippen molar-refractivity contribution < 1.29 is 23.9 Å². The molecule has 0 aromatic heterocycles. The molecule has 2 aromatic carbocycles. The highest BCUT2D eigenvalue weighted by Crippen LogP contribution is 2.33. The number of ether oxygens (including phenoxy) is 2. The monoisotopic (exact) mass is 570 g/mol. The van der Waals surface area contributed by atoms with Crippen molar-refractivity contribution in [3.63, 3.8) is 0 Å². The summed E-state index contributed by atoms with van der Waals surface area (Å²) in [5, 5.41) is 0. The fourth-order valence-corrected chi connectivity index (χ4v) is 5.58. The van der Waals surface area contributed by atoms with E-state index in [1.165, 1.54) is 4.90 Å². The first kappa shape index (κ1) is 27.2. The molecule has 2 heterocycles. The second kappa shape index (κ2) is 11.7. The predicted octanol–water partition coefficient (Wildman–Crippen LogP) is 5.85. The van der Waals surface area contributed by atoms with Crippen LogP contribution in [0, 0.1) is 11.8 Å². The summed E-state index contributed by atoms with van der Waals surface area (Å²) in [5.41, 5.74) is 1.52. The van der Waals surface area contributed by atoms with Crippen LogP contribution in [-0.2, 0) is 27.1 Å². The molecule has 198 valence electrons. The lowest BCUT2D eigenvalue weighted by Gasteiger charge is -2.37. The quantitative estimate of drug-likeness (QED) is 0.435. The van der Waals surface area contributed by atoms with Crippen molar-refractivity contribution in [1.29, 1.82) is 0 Å². The van der Waals surface area contributed by atoms with Gasteiger partial charge in [0, 0.05) is 23.5 Å². The second-order valence-corrected chi connectivity index (χ2v) is 11.8. The molecule has 2 saturated heterocycles. The number of rotatable bonds is 6. The van der Waals surface area contributed by atoms with E-state index in [9.17, 15) is 14.4 Å². The van der Waals surface area contributed by atoms with Crippen LogP contribution in [0.5, 0.6) is 0 Å². The number of halogens is 1. The Morgan fingerprint density at radius 1 is 1.05 bits per heavy atom. The molecule has 0 N–H and O–H groups in total. The molecule has 2 fully saturated rings. The molecular weight excluding hydrogens is 536 g/mol. The predicted molar refractivity (Wildman–Crippen MR) is 144 cm³/mol. The first-order valence-electron chi connectivity index (χ1n) is 12.9. The van der Waals surface area contributed by atoms with Gasteiger partial charge in [-0.15, -0.1) is 0 Å². The maximum atomic E-state index is 14.1. The summed E-state index contributed by atoms with van der Waals surface area (Å²) in [7, 11) is 0. The van der Waals surface area contributed by atoms with E-state index in [1.807, 2.05) is 75.4 Å². The molecule has 7 nitrogen and oxygen atoms in total. The minimum absolute atomic E-state index is 0.0240. The number of amides is 3. The van der Waals surface area contributed by atoms with Gasteiger partial charge < -0.3 is 14.4 Å². The van der Waals surface area contributed by atoms with Crippen LogP contribution in [0.15, 0.2) is 59.1 Å².